The van der Waals surface area contributed by atoms with E-state index in [9.17, 15) is 4.79 Å². The van der Waals surface area contributed by atoms with Crippen LogP contribution < -0.4 is 10.9 Å². The van der Waals surface area contributed by atoms with E-state index in [-0.39, 0.29) is 5.56 Å². The van der Waals surface area contributed by atoms with Crippen LogP contribution in [0.15, 0.2) is 16.0 Å². The summed E-state index contributed by atoms with van der Waals surface area (Å²) in [5, 5.41) is 3.71. The molecule has 0 aliphatic carbocycles. The number of anilines is 1. The summed E-state index contributed by atoms with van der Waals surface area (Å²) in [5.41, 5.74) is -0.113. The predicted molar refractivity (Wildman–Crippen MR) is 55.4 cm³/mol. The van der Waals surface area contributed by atoms with Gasteiger partial charge in [-0.25, -0.2) is 4.98 Å². The summed E-state index contributed by atoms with van der Waals surface area (Å²) in [6.45, 7) is 2.90. The zero-order valence-corrected chi connectivity index (χ0v) is 8.57. The van der Waals surface area contributed by atoms with Crippen LogP contribution >= 0.6 is 11.8 Å². The molecule has 0 aromatic carbocycles. The van der Waals surface area contributed by atoms with Crippen molar-refractivity contribution in [2.75, 3.05) is 18.1 Å². The molecule has 0 bridgehead atoms. The van der Waals surface area contributed by atoms with E-state index in [0.717, 1.165) is 13.0 Å². The highest BCUT2D eigenvalue weighted by atomic mass is 32.2. The third-order valence-corrected chi connectivity index (χ3v) is 2.05. The van der Waals surface area contributed by atoms with Crippen LogP contribution in [-0.4, -0.2) is 22.8 Å². The molecular weight excluding hydrogens is 186 g/mol. The molecule has 72 valence electrons. The van der Waals surface area contributed by atoms with Gasteiger partial charge in [-0.15, -0.1) is 0 Å². The third-order valence-electron chi connectivity index (χ3n) is 1.47. The number of aromatic amines is 1. The van der Waals surface area contributed by atoms with Gasteiger partial charge in [-0.05, 0) is 12.7 Å². The number of rotatable bonds is 4. The maximum atomic E-state index is 11.1. The summed E-state index contributed by atoms with van der Waals surface area (Å²) in [4.78, 5) is 17.9. The van der Waals surface area contributed by atoms with Gasteiger partial charge in [0.25, 0.3) is 5.56 Å². The lowest BCUT2D eigenvalue weighted by Crippen LogP contribution is -2.11. The highest BCUT2D eigenvalue weighted by Gasteiger charge is 1.98. The van der Waals surface area contributed by atoms with E-state index in [2.05, 4.69) is 22.2 Å². The van der Waals surface area contributed by atoms with Crippen LogP contribution in [0.5, 0.6) is 0 Å². The van der Waals surface area contributed by atoms with Gasteiger partial charge in [0.05, 0.1) is 0 Å². The van der Waals surface area contributed by atoms with Crippen LogP contribution in [0.1, 0.15) is 13.3 Å². The average Bonchev–Trinajstić information content (AvgIpc) is 2.14. The standard InChI is InChI=1S/C8H13N3OS/c1-3-4-9-6-5-7(12)11-8(10-6)13-2/h5H,3-4H2,1-2H3,(H2,9,10,11,12). The molecule has 0 unspecified atom stereocenters. The van der Waals surface area contributed by atoms with Crippen molar-refractivity contribution >= 4 is 17.6 Å². The number of hydrogen-bond acceptors (Lipinski definition) is 4. The molecule has 0 aliphatic rings. The Morgan fingerprint density at radius 1 is 1.69 bits per heavy atom. The van der Waals surface area contributed by atoms with Gasteiger partial charge in [0, 0.05) is 12.6 Å². The van der Waals surface area contributed by atoms with Crippen molar-refractivity contribution < 1.29 is 0 Å². The summed E-state index contributed by atoms with van der Waals surface area (Å²) >= 11 is 1.42. The van der Waals surface area contributed by atoms with Gasteiger partial charge in [0.2, 0.25) is 0 Å². The van der Waals surface area contributed by atoms with Crippen LogP contribution in [-0.2, 0) is 0 Å². The normalized spacial score (nSPS) is 10.0. The van der Waals surface area contributed by atoms with Crippen molar-refractivity contribution in [1.82, 2.24) is 9.97 Å². The Morgan fingerprint density at radius 3 is 3.08 bits per heavy atom. The van der Waals surface area contributed by atoms with Gasteiger partial charge >= 0.3 is 0 Å². The molecule has 5 heteroatoms. The van der Waals surface area contributed by atoms with Gasteiger partial charge in [-0.3, -0.25) is 4.79 Å². The number of thioether (sulfide) groups is 1. The van der Waals surface area contributed by atoms with Crippen molar-refractivity contribution in [1.29, 1.82) is 0 Å². The van der Waals surface area contributed by atoms with Gasteiger partial charge in [0.15, 0.2) is 5.16 Å². The summed E-state index contributed by atoms with van der Waals surface area (Å²) in [7, 11) is 0. The molecule has 2 N–H and O–H groups in total. The van der Waals surface area contributed by atoms with Gasteiger partial charge < -0.3 is 10.3 Å². The molecule has 4 nitrogen and oxygen atoms in total. The second-order valence-electron chi connectivity index (χ2n) is 2.57. The van der Waals surface area contributed by atoms with E-state index in [1.165, 1.54) is 17.8 Å². The minimum Gasteiger partial charge on any atom is -0.370 e. The summed E-state index contributed by atoms with van der Waals surface area (Å²) in [5.74, 6) is 0.648. The molecule has 0 radical (unpaired) electrons. The van der Waals surface area contributed by atoms with Crippen molar-refractivity contribution in [2.24, 2.45) is 0 Å². The largest absolute Gasteiger partial charge is 0.370 e. The molecule has 0 atom stereocenters. The van der Waals surface area contributed by atoms with Gasteiger partial charge in [-0.1, -0.05) is 18.7 Å². The first-order valence-corrected chi connectivity index (χ1v) is 5.38. The molecule has 0 saturated heterocycles. The molecule has 1 heterocycles. The quantitative estimate of drug-likeness (QED) is 0.567. The lowest BCUT2D eigenvalue weighted by molar-refractivity contribution is 0.910. The van der Waals surface area contributed by atoms with Crippen molar-refractivity contribution in [3.05, 3.63) is 16.4 Å². The zero-order chi connectivity index (χ0) is 9.68. The van der Waals surface area contributed by atoms with Crippen LogP contribution in [0.3, 0.4) is 0 Å². The van der Waals surface area contributed by atoms with Crippen molar-refractivity contribution in [3.63, 3.8) is 0 Å². The van der Waals surface area contributed by atoms with E-state index in [4.69, 9.17) is 0 Å². The van der Waals surface area contributed by atoms with Crippen LogP contribution in [0, 0.1) is 0 Å². The monoisotopic (exact) mass is 199 g/mol. The van der Waals surface area contributed by atoms with E-state index in [1.54, 1.807) is 0 Å². The molecule has 13 heavy (non-hydrogen) atoms. The highest BCUT2D eigenvalue weighted by molar-refractivity contribution is 7.98. The van der Waals surface area contributed by atoms with E-state index < -0.39 is 0 Å². The zero-order valence-electron chi connectivity index (χ0n) is 7.76. The minimum absolute atomic E-state index is 0.113. The number of nitrogens with one attached hydrogen (secondary N) is 2. The Labute approximate surface area is 81.2 Å². The van der Waals surface area contributed by atoms with Gasteiger partial charge in [-0.2, -0.15) is 0 Å². The lowest BCUT2D eigenvalue weighted by atomic mass is 10.4. The molecule has 0 spiro atoms. The van der Waals surface area contributed by atoms with E-state index in [0.29, 0.717) is 11.0 Å². The smallest absolute Gasteiger partial charge is 0.253 e. The van der Waals surface area contributed by atoms with Crippen molar-refractivity contribution in [2.45, 2.75) is 18.5 Å². The fourth-order valence-corrected chi connectivity index (χ4v) is 1.27. The summed E-state index contributed by atoms with van der Waals surface area (Å²) < 4.78 is 0. The molecule has 0 amide bonds. The number of aromatic nitrogens is 2. The fraction of sp³-hybridized carbons (Fsp3) is 0.500. The second-order valence-corrected chi connectivity index (χ2v) is 3.36. The number of nitrogens with zero attached hydrogens (tertiary/aromatic N) is 1. The van der Waals surface area contributed by atoms with E-state index in [1.807, 2.05) is 6.26 Å². The summed E-state index contributed by atoms with van der Waals surface area (Å²) in [6, 6.07) is 1.47. The number of hydrogen-bond donors (Lipinski definition) is 2. The first-order valence-electron chi connectivity index (χ1n) is 4.15. The topological polar surface area (TPSA) is 57.8 Å². The van der Waals surface area contributed by atoms with Crippen LogP contribution in [0.25, 0.3) is 0 Å². The SMILES string of the molecule is CCCNc1cc(=O)[nH]c(SC)n1. The Hall–Kier alpha value is -0.970. The Morgan fingerprint density at radius 2 is 2.46 bits per heavy atom. The fourth-order valence-electron chi connectivity index (χ4n) is 0.876. The lowest BCUT2D eigenvalue weighted by Gasteiger charge is -2.03. The average molecular weight is 199 g/mol. The first kappa shape index (κ1) is 10.1. The molecule has 1 aromatic heterocycles. The molecule has 0 saturated carbocycles. The Kier molecular flexibility index (Phi) is 3.82. The van der Waals surface area contributed by atoms with Crippen LogP contribution in [0.2, 0.25) is 0 Å². The predicted octanol–water partition coefficient (Wildman–Crippen LogP) is 1.31. The minimum atomic E-state index is -0.113. The second kappa shape index (κ2) is 4.91. The maximum Gasteiger partial charge on any atom is 0.253 e. The molecule has 0 fully saturated rings. The summed E-state index contributed by atoms with van der Waals surface area (Å²) in [6.07, 6.45) is 2.89. The Balaban J connectivity index is 2.82. The molecule has 1 rings (SSSR count). The molecular formula is C8H13N3OS. The first-order chi connectivity index (χ1) is 6.26. The van der Waals surface area contributed by atoms with Gasteiger partial charge in [0.1, 0.15) is 5.82 Å². The van der Waals surface area contributed by atoms with Crippen molar-refractivity contribution in [3.8, 4) is 0 Å². The molecule has 1 aromatic rings. The maximum absolute atomic E-state index is 11.1. The highest BCUT2D eigenvalue weighted by Crippen LogP contribution is 2.08. The Bertz CT molecular complexity index is 323. The number of H-pyrrole nitrogens is 1. The van der Waals surface area contributed by atoms with E-state index >= 15 is 0 Å². The third kappa shape index (κ3) is 3.10. The molecule has 0 aliphatic heterocycles. The van der Waals surface area contributed by atoms with Crippen LogP contribution in [0.4, 0.5) is 5.82 Å².